The molecule has 0 spiro atoms. The lowest BCUT2D eigenvalue weighted by Crippen LogP contribution is -2.48. The molecule has 1 heterocycles. The van der Waals surface area contributed by atoms with Crippen molar-refractivity contribution < 1.29 is 17.9 Å². The van der Waals surface area contributed by atoms with E-state index < -0.39 is 11.7 Å². The first-order valence-electron chi connectivity index (χ1n) is 5.17. The van der Waals surface area contributed by atoms with Gasteiger partial charge in [-0.3, -0.25) is 0 Å². The van der Waals surface area contributed by atoms with Gasteiger partial charge in [-0.25, -0.2) is 4.98 Å². The normalized spacial score (nSPS) is 15.9. The molecule has 0 saturated carbocycles. The lowest BCUT2D eigenvalue weighted by atomic mass is 10.00. The van der Waals surface area contributed by atoms with Gasteiger partial charge in [0.05, 0.1) is 17.3 Å². The van der Waals surface area contributed by atoms with Crippen molar-refractivity contribution in [3.8, 4) is 0 Å². The molecular weight excluding hydrogens is 253 g/mol. The fraction of sp³-hybridized carbons (Fsp3) is 0.700. The van der Waals surface area contributed by atoms with Crippen LogP contribution >= 0.6 is 11.3 Å². The second-order valence-corrected chi connectivity index (χ2v) is 4.72. The van der Waals surface area contributed by atoms with Gasteiger partial charge in [0.15, 0.2) is 5.54 Å². The molecule has 0 aromatic carbocycles. The van der Waals surface area contributed by atoms with E-state index in [1.807, 2.05) is 6.92 Å². The van der Waals surface area contributed by atoms with Gasteiger partial charge in [-0.2, -0.15) is 13.2 Å². The highest BCUT2D eigenvalue weighted by Crippen LogP contribution is 2.36. The SMILES string of the molecule is CCOCCc1nc(C(C)(N)C(F)(F)F)cs1. The molecule has 1 aromatic heterocycles. The first-order chi connectivity index (χ1) is 7.79. The van der Waals surface area contributed by atoms with Crippen molar-refractivity contribution in [3.05, 3.63) is 16.1 Å². The first kappa shape index (κ1) is 14.4. The van der Waals surface area contributed by atoms with Crippen molar-refractivity contribution in [2.45, 2.75) is 32.0 Å². The molecule has 17 heavy (non-hydrogen) atoms. The average molecular weight is 268 g/mol. The van der Waals surface area contributed by atoms with Gasteiger partial charge in [0.2, 0.25) is 0 Å². The monoisotopic (exact) mass is 268 g/mol. The fourth-order valence-corrected chi connectivity index (χ4v) is 2.01. The van der Waals surface area contributed by atoms with Crippen LogP contribution in [0.2, 0.25) is 0 Å². The van der Waals surface area contributed by atoms with Crippen molar-refractivity contribution in [3.63, 3.8) is 0 Å². The summed E-state index contributed by atoms with van der Waals surface area (Å²) in [7, 11) is 0. The Morgan fingerprint density at radius 3 is 2.65 bits per heavy atom. The summed E-state index contributed by atoms with van der Waals surface area (Å²) < 4.78 is 43.1. The molecule has 1 aromatic rings. The molecule has 3 nitrogen and oxygen atoms in total. The van der Waals surface area contributed by atoms with E-state index in [1.165, 1.54) is 16.7 Å². The third-order valence-electron chi connectivity index (χ3n) is 2.34. The van der Waals surface area contributed by atoms with E-state index in [2.05, 4.69) is 4.98 Å². The molecule has 0 aliphatic rings. The molecule has 7 heteroatoms. The molecule has 98 valence electrons. The van der Waals surface area contributed by atoms with Crippen LogP contribution in [0.5, 0.6) is 0 Å². The van der Waals surface area contributed by atoms with Crippen LogP contribution in [0.15, 0.2) is 5.38 Å². The summed E-state index contributed by atoms with van der Waals surface area (Å²) in [5.74, 6) is 0. The average Bonchev–Trinajstić information content (AvgIpc) is 2.65. The maximum Gasteiger partial charge on any atom is 0.411 e. The molecule has 0 bridgehead atoms. The number of nitrogens with zero attached hydrogens (tertiary/aromatic N) is 1. The second kappa shape index (κ2) is 5.32. The topological polar surface area (TPSA) is 48.1 Å². The molecule has 1 unspecified atom stereocenters. The minimum atomic E-state index is -4.50. The van der Waals surface area contributed by atoms with Crippen LogP contribution in [0.3, 0.4) is 0 Å². The molecule has 1 rings (SSSR count). The van der Waals surface area contributed by atoms with E-state index in [0.29, 0.717) is 24.6 Å². The highest BCUT2D eigenvalue weighted by molar-refractivity contribution is 7.09. The predicted octanol–water partition coefficient (Wildman–Crippen LogP) is 2.46. The Kier molecular flexibility index (Phi) is 4.51. The van der Waals surface area contributed by atoms with Crippen LogP contribution in [-0.4, -0.2) is 24.4 Å². The van der Waals surface area contributed by atoms with Crippen LogP contribution in [0.4, 0.5) is 13.2 Å². The minimum Gasteiger partial charge on any atom is -0.381 e. The number of thiazole rings is 1. The summed E-state index contributed by atoms with van der Waals surface area (Å²) in [6.45, 7) is 3.81. The van der Waals surface area contributed by atoms with Crippen molar-refractivity contribution in [2.75, 3.05) is 13.2 Å². The van der Waals surface area contributed by atoms with Crippen molar-refractivity contribution in [1.82, 2.24) is 4.98 Å². The zero-order chi connectivity index (χ0) is 13.1. The van der Waals surface area contributed by atoms with Gasteiger partial charge in [0.1, 0.15) is 0 Å². The van der Waals surface area contributed by atoms with Crippen molar-refractivity contribution in [2.24, 2.45) is 5.73 Å². The van der Waals surface area contributed by atoms with Crippen LogP contribution in [-0.2, 0) is 16.7 Å². The van der Waals surface area contributed by atoms with Gasteiger partial charge >= 0.3 is 6.18 Å². The second-order valence-electron chi connectivity index (χ2n) is 3.77. The van der Waals surface area contributed by atoms with Crippen LogP contribution in [0, 0.1) is 0 Å². The zero-order valence-corrected chi connectivity index (χ0v) is 10.5. The fourth-order valence-electron chi connectivity index (χ4n) is 1.11. The Balaban J connectivity index is 2.74. The van der Waals surface area contributed by atoms with E-state index in [4.69, 9.17) is 10.5 Å². The van der Waals surface area contributed by atoms with E-state index in [1.54, 1.807) is 0 Å². The molecule has 0 radical (unpaired) electrons. The Morgan fingerprint density at radius 2 is 2.12 bits per heavy atom. The number of ether oxygens (including phenoxy) is 1. The van der Waals surface area contributed by atoms with E-state index >= 15 is 0 Å². The smallest absolute Gasteiger partial charge is 0.381 e. The number of halogens is 3. The zero-order valence-electron chi connectivity index (χ0n) is 9.67. The summed E-state index contributed by atoms with van der Waals surface area (Å²) in [6, 6.07) is 0. The summed E-state index contributed by atoms with van der Waals surface area (Å²) >= 11 is 1.17. The first-order valence-corrected chi connectivity index (χ1v) is 6.05. The summed E-state index contributed by atoms with van der Waals surface area (Å²) in [5, 5.41) is 1.96. The van der Waals surface area contributed by atoms with Crippen LogP contribution in [0.25, 0.3) is 0 Å². The van der Waals surface area contributed by atoms with Crippen molar-refractivity contribution >= 4 is 11.3 Å². The lowest BCUT2D eigenvalue weighted by molar-refractivity contribution is -0.185. The van der Waals surface area contributed by atoms with Gasteiger partial charge in [-0.1, -0.05) is 0 Å². The van der Waals surface area contributed by atoms with Crippen LogP contribution < -0.4 is 5.73 Å². The van der Waals surface area contributed by atoms with Gasteiger partial charge in [-0.15, -0.1) is 11.3 Å². The lowest BCUT2D eigenvalue weighted by Gasteiger charge is -2.25. The van der Waals surface area contributed by atoms with Crippen LogP contribution in [0.1, 0.15) is 24.5 Å². The number of alkyl halides is 3. The molecule has 0 fully saturated rings. The number of rotatable bonds is 5. The van der Waals surface area contributed by atoms with E-state index in [-0.39, 0.29) is 5.69 Å². The van der Waals surface area contributed by atoms with E-state index in [9.17, 15) is 13.2 Å². The highest BCUT2D eigenvalue weighted by atomic mass is 32.1. The minimum absolute atomic E-state index is 0.138. The Hall–Kier alpha value is -0.660. The molecule has 2 N–H and O–H groups in total. The maximum atomic E-state index is 12.6. The highest BCUT2D eigenvalue weighted by Gasteiger charge is 2.50. The molecule has 0 aliphatic heterocycles. The molecular formula is C10H15F3N2OS. The third-order valence-corrected chi connectivity index (χ3v) is 3.25. The molecule has 0 aliphatic carbocycles. The molecule has 1 atom stereocenters. The predicted molar refractivity (Wildman–Crippen MR) is 59.9 cm³/mol. The van der Waals surface area contributed by atoms with Gasteiger partial charge in [0.25, 0.3) is 0 Å². The number of hydrogen-bond donors (Lipinski definition) is 1. The van der Waals surface area contributed by atoms with Crippen molar-refractivity contribution in [1.29, 1.82) is 0 Å². The number of hydrogen-bond acceptors (Lipinski definition) is 4. The van der Waals surface area contributed by atoms with Gasteiger partial charge in [0, 0.05) is 18.4 Å². The van der Waals surface area contributed by atoms with E-state index in [0.717, 1.165) is 6.92 Å². The Bertz CT molecular complexity index is 363. The van der Waals surface area contributed by atoms with Gasteiger partial charge in [-0.05, 0) is 13.8 Å². The Labute approximate surface area is 102 Å². The largest absolute Gasteiger partial charge is 0.411 e. The Morgan fingerprint density at radius 1 is 1.47 bits per heavy atom. The summed E-state index contributed by atoms with van der Waals surface area (Å²) in [4.78, 5) is 3.91. The van der Waals surface area contributed by atoms with Gasteiger partial charge < -0.3 is 10.5 Å². The summed E-state index contributed by atoms with van der Waals surface area (Å²) in [5.41, 5.74) is 2.74. The maximum absolute atomic E-state index is 12.6. The third kappa shape index (κ3) is 3.40. The molecule has 0 amide bonds. The standard InChI is InChI=1S/C10H15F3N2OS/c1-3-16-5-4-8-15-7(6-17-8)9(2,14)10(11,12)13/h6H,3-5,14H2,1-2H3. The molecule has 0 saturated heterocycles. The quantitative estimate of drug-likeness (QED) is 0.834. The number of aromatic nitrogens is 1. The number of nitrogens with two attached hydrogens (primary N) is 1. The summed E-state index contributed by atoms with van der Waals surface area (Å²) in [6.07, 6.45) is -4.00.